The summed E-state index contributed by atoms with van der Waals surface area (Å²) in [7, 11) is 0. The molecule has 4 heteroatoms. The van der Waals surface area contributed by atoms with E-state index in [9.17, 15) is 9.59 Å². The van der Waals surface area contributed by atoms with Crippen LogP contribution in [0.5, 0.6) is 0 Å². The van der Waals surface area contributed by atoms with Gasteiger partial charge in [0.2, 0.25) is 0 Å². The lowest BCUT2D eigenvalue weighted by Gasteiger charge is -2.25. The average molecular weight is 429 g/mol. The summed E-state index contributed by atoms with van der Waals surface area (Å²) >= 11 is 0. The zero-order chi connectivity index (χ0) is 22.8. The first-order valence-corrected chi connectivity index (χ1v) is 11.7. The Morgan fingerprint density at radius 2 is 0.938 bits per heavy atom. The van der Waals surface area contributed by atoms with Crippen LogP contribution < -0.4 is 0 Å². The molecule has 2 amide bonds. The van der Waals surface area contributed by atoms with Crippen molar-refractivity contribution in [2.75, 3.05) is 13.1 Å². The maximum Gasteiger partial charge on any atom is 0.261 e. The molecule has 0 saturated heterocycles. The first-order valence-electron chi connectivity index (χ1n) is 11.7. The number of hydrogen-bond acceptors (Lipinski definition) is 2. The maximum absolute atomic E-state index is 13.8. The van der Waals surface area contributed by atoms with Gasteiger partial charge in [-0.25, -0.2) is 0 Å². The minimum Gasteiger partial charge on any atom is -0.307 e. The molecule has 0 N–H and O–H groups in total. The second kappa shape index (κ2) is 9.15. The molecule has 2 heterocycles. The summed E-state index contributed by atoms with van der Waals surface area (Å²) in [4.78, 5) is 31.3. The van der Waals surface area contributed by atoms with E-state index < -0.39 is 0 Å². The second-order valence-electron chi connectivity index (χ2n) is 8.80. The molecule has 4 nitrogen and oxygen atoms in total. The number of amides is 2. The fourth-order valence-electron chi connectivity index (χ4n) is 4.48. The third-order valence-electron chi connectivity index (χ3n) is 6.30. The molecule has 2 aromatic rings. The fourth-order valence-corrected chi connectivity index (χ4v) is 4.48. The van der Waals surface area contributed by atoms with E-state index in [0.717, 1.165) is 59.3 Å². The van der Waals surface area contributed by atoms with Crippen molar-refractivity contribution in [3.63, 3.8) is 0 Å². The van der Waals surface area contributed by atoms with E-state index in [1.165, 1.54) is 0 Å². The largest absolute Gasteiger partial charge is 0.307 e. The van der Waals surface area contributed by atoms with Gasteiger partial charge in [0.15, 0.2) is 0 Å². The Hall–Kier alpha value is -3.14. The molecule has 0 spiro atoms. The van der Waals surface area contributed by atoms with Crippen LogP contribution in [0.15, 0.2) is 59.7 Å². The van der Waals surface area contributed by atoms with Gasteiger partial charge in [0, 0.05) is 13.1 Å². The van der Waals surface area contributed by atoms with Gasteiger partial charge in [-0.2, -0.15) is 0 Å². The van der Waals surface area contributed by atoms with Gasteiger partial charge >= 0.3 is 0 Å². The summed E-state index contributed by atoms with van der Waals surface area (Å²) in [5.41, 5.74) is 6.85. The third kappa shape index (κ3) is 3.79. The maximum atomic E-state index is 13.8. The van der Waals surface area contributed by atoms with Crippen molar-refractivity contribution < 1.29 is 9.59 Å². The van der Waals surface area contributed by atoms with Gasteiger partial charge in [-0.1, -0.05) is 86.3 Å². The van der Waals surface area contributed by atoms with Crippen LogP contribution >= 0.6 is 0 Å². The van der Waals surface area contributed by atoms with Gasteiger partial charge < -0.3 is 9.80 Å². The van der Waals surface area contributed by atoms with Crippen molar-refractivity contribution >= 4 is 23.2 Å². The quantitative estimate of drug-likeness (QED) is 0.540. The number of nitrogens with zero attached hydrogens (tertiary/aromatic N) is 2. The number of carbonyl (C=O) groups is 2. The van der Waals surface area contributed by atoms with E-state index in [2.05, 4.69) is 13.8 Å². The molecule has 0 atom stereocenters. The summed E-state index contributed by atoms with van der Waals surface area (Å²) in [6, 6.07) is 16.3. The minimum atomic E-state index is -0.0491. The summed E-state index contributed by atoms with van der Waals surface area (Å²) in [6.07, 6.45) is 3.77. The van der Waals surface area contributed by atoms with Crippen LogP contribution in [0.4, 0.5) is 0 Å². The predicted molar refractivity (Wildman–Crippen MR) is 129 cm³/mol. The highest BCUT2D eigenvalue weighted by molar-refractivity contribution is 6.30. The van der Waals surface area contributed by atoms with Crippen LogP contribution in [0.1, 0.15) is 61.8 Å². The number of benzene rings is 2. The van der Waals surface area contributed by atoms with E-state index >= 15 is 0 Å². The summed E-state index contributed by atoms with van der Waals surface area (Å²) < 4.78 is 0. The van der Waals surface area contributed by atoms with Gasteiger partial charge in [0.05, 0.1) is 22.5 Å². The first kappa shape index (κ1) is 22.1. The summed E-state index contributed by atoms with van der Waals surface area (Å²) in [6.45, 7) is 9.57. The molecule has 0 fully saturated rings. The van der Waals surface area contributed by atoms with E-state index in [1.807, 2.05) is 72.2 Å². The number of rotatable bonds is 8. The molecule has 166 valence electrons. The van der Waals surface area contributed by atoms with E-state index in [-0.39, 0.29) is 11.8 Å². The molecular weight excluding hydrogens is 396 g/mol. The molecule has 0 unspecified atom stereocenters. The summed E-state index contributed by atoms with van der Waals surface area (Å²) in [5, 5.41) is 0. The lowest BCUT2D eigenvalue weighted by molar-refractivity contribution is -0.124. The number of aryl methyl sites for hydroxylation is 2. The predicted octanol–water partition coefficient (Wildman–Crippen LogP) is 5.71. The molecule has 0 radical (unpaired) electrons. The van der Waals surface area contributed by atoms with Crippen LogP contribution in [0.25, 0.3) is 11.4 Å². The first-order chi connectivity index (χ1) is 15.5. The molecule has 4 rings (SSSR count). The molecule has 2 aromatic carbocycles. The molecule has 0 aromatic heterocycles. The van der Waals surface area contributed by atoms with Crippen LogP contribution in [0.3, 0.4) is 0 Å². The van der Waals surface area contributed by atoms with E-state index in [0.29, 0.717) is 24.2 Å². The second-order valence-corrected chi connectivity index (χ2v) is 8.80. The van der Waals surface area contributed by atoms with Gasteiger partial charge in [-0.15, -0.1) is 0 Å². The molecule has 32 heavy (non-hydrogen) atoms. The van der Waals surface area contributed by atoms with Gasteiger partial charge in [-0.05, 0) is 37.8 Å². The Morgan fingerprint density at radius 3 is 1.25 bits per heavy atom. The molecule has 2 aliphatic heterocycles. The minimum absolute atomic E-state index is 0.0491. The molecule has 2 aliphatic rings. The Balaban J connectivity index is 1.95. The van der Waals surface area contributed by atoms with Crippen LogP contribution in [0.2, 0.25) is 0 Å². The highest BCUT2D eigenvalue weighted by Gasteiger charge is 2.48. The lowest BCUT2D eigenvalue weighted by Crippen LogP contribution is -2.31. The molecule has 0 saturated carbocycles. The Bertz CT molecular complexity index is 1000. The van der Waals surface area contributed by atoms with Crippen molar-refractivity contribution in [3.05, 3.63) is 81.9 Å². The number of hydrogen-bond donors (Lipinski definition) is 0. The SMILES string of the molecule is CCCCN1C(=O)C2=C(c3ccc(C)cc3)N(CCCC)C(=O)C2=C1c1ccc(C)cc1. The zero-order valence-electron chi connectivity index (χ0n) is 19.6. The average Bonchev–Trinajstić information content (AvgIpc) is 3.23. The smallest absolute Gasteiger partial charge is 0.261 e. The van der Waals surface area contributed by atoms with Crippen LogP contribution in [-0.2, 0) is 9.59 Å². The van der Waals surface area contributed by atoms with Crippen LogP contribution in [-0.4, -0.2) is 34.7 Å². The summed E-state index contributed by atoms with van der Waals surface area (Å²) in [5.74, 6) is -0.0982. The highest BCUT2D eigenvalue weighted by atomic mass is 16.2. The normalized spacial score (nSPS) is 16.0. The van der Waals surface area contributed by atoms with Gasteiger partial charge in [0.25, 0.3) is 11.8 Å². The monoisotopic (exact) mass is 428 g/mol. The van der Waals surface area contributed by atoms with Crippen LogP contribution in [0, 0.1) is 13.8 Å². The van der Waals surface area contributed by atoms with Crippen molar-refractivity contribution in [1.29, 1.82) is 0 Å². The van der Waals surface area contributed by atoms with E-state index in [1.54, 1.807) is 0 Å². The zero-order valence-corrected chi connectivity index (χ0v) is 19.6. The van der Waals surface area contributed by atoms with Gasteiger partial charge in [0.1, 0.15) is 0 Å². The molecule has 0 bridgehead atoms. The Morgan fingerprint density at radius 1 is 0.594 bits per heavy atom. The van der Waals surface area contributed by atoms with E-state index in [4.69, 9.17) is 0 Å². The third-order valence-corrected chi connectivity index (χ3v) is 6.30. The Labute approximate surface area is 191 Å². The van der Waals surface area contributed by atoms with Gasteiger partial charge in [-0.3, -0.25) is 9.59 Å². The molecule has 0 aliphatic carbocycles. The Kier molecular flexibility index (Phi) is 6.31. The highest BCUT2D eigenvalue weighted by Crippen LogP contribution is 2.46. The fraction of sp³-hybridized carbons (Fsp3) is 0.357. The number of carbonyl (C=O) groups excluding carboxylic acids is 2. The number of unbranched alkanes of at least 4 members (excludes halogenated alkanes) is 2. The number of fused-ring (bicyclic) bond motifs is 1. The van der Waals surface area contributed by atoms with Crippen molar-refractivity contribution in [3.8, 4) is 0 Å². The topological polar surface area (TPSA) is 40.6 Å². The molecular formula is C28H32N2O2. The van der Waals surface area contributed by atoms with Crippen molar-refractivity contribution in [2.45, 2.75) is 53.4 Å². The standard InChI is InChI=1S/C28H32N2O2/c1-5-7-17-29-25(21-13-9-19(3)10-14-21)23-24(27(29)31)26(22-15-11-20(4)12-16-22)30(28(23)32)18-8-6-2/h9-16H,5-8,17-18H2,1-4H3. The lowest BCUT2D eigenvalue weighted by atomic mass is 10.0. The van der Waals surface area contributed by atoms with Crippen molar-refractivity contribution in [2.24, 2.45) is 0 Å². The van der Waals surface area contributed by atoms with Crippen molar-refractivity contribution in [1.82, 2.24) is 9.80 Å².